The highest BCUT2D eigenvalue weighted by molar-refractivity contribution is 5.96. The molecule has 2 fully saturated rings. The molecule has 1 saturated heterocycles. The minimum absolute atomic E-state index is 0.0123. The Morgan fingerprint density at radius 2 is 1.63 bits per heavy atom. The van der Waals surface area contributed by atoms with Crippen molar-refractivity contribution in [2.75, 3.05) is 6.54 Å². The molecule has 2 aromatic rings. The van der Waals surface area contributed by atoms with Gasteiger partial charge in [-0.25, -0.2) is 0 Å². The minimum atomic E-state index is -0.274. The molecule has 2 aromatic carbocycles. The number of esters is 1. The van der Waals surface area contributed by atoms with Crippen molar-refractivity contribution in [2.45, 2.75) is 38.5 Å². The fourth-order valence-electron chi connectivity index (χ4n) is 3.52. The second kappa shape index (κ2) is 7.92. The Hall–Kier alpha value is -2.66. The van der Waals surface area contributed by atoms with Crippen LogP contribution in [-0.4, -0.2) is 24.3 Å². The molecule has 1 aliphatic carbocycles. The van der Waals surface area contributed by atoms with E-state index in [9.17, 15) is 4.79 Å². The van der Waals surface area contributed by atoms with Crippen LogP contribution in [0.25, 0.3) is 0 Å². The second-order valence-electron chi connectivity index (χ2n) is 7.31. The molecule has 0 bridgehead atoms. The standard InChI is InChI=1S/C22H24N2O3/c25-21(26-15-17-7-3-1-4-8-17)19-13-22(11-12-22)20(14-23-19)24-27-16-18-9-5-2-6-10-18/h1-10,19,23H,11-16H2/b24-20+/t19-/m0/s1. The lowest BCUT2D eigenvalue weighted by molar-refractivity contribution is -0.148. The summed E-state index contributed by atoms with van der Waals surface area (Å²) in [5, 5.41) is 7.65. The van der Waals surface area contributed by atoms with Gasteiger partial charge < -0.3 is 9.57 Å². The predicted molar refractivity (Wildman–Crippen MR) is 103 cm³/mol. The molecule has 27 heavy (non-hydrogen) atoms. The molecule has 1 saturated carbocycles. The number of hydrogen-bond acceptors (Lipinski definition) is 5. The SMILES string of the molecule is O=C(OCc1ccccc1)[C@@H]1CC2(CC2)/C(=N/OCc2ccccc2)CN1. The van der Waals surface area contributed by atoms with Gasteiger partial charge in [0, 0.05) is 12.0 Å². The lowest BCUT2D eigenvalue weighted by atomic mass is 9.87. The summed E-state index contributed by atoms with van der Waals surface area (Å²) < 4.78 is 5.49. The Bertz CT molecular complexity index is 801. The summed E-state index contributed by atoms with van der Waals surface area (Å²) in [6, 6.07) is 19.5. The summed E-state index contributed by atoms with van der Waals surface area (Å²) in [4.78, 5) is 18.0. The molecule has 0 unspecified atom stereocenters. The zero-order valence-corrected chi connectivity index (χ0v) is 15.3. The van der Waals surface area contributed by atoms with E-state index < -0.39 is 0 Å². The number of hydrogen-bond donors (Lipinski definition) is 1. The van der Waals surface area contributed by atoms with Gasteiger partial charge in [0.15, 0.2) is 0 Å². The third-order valence-electron chi connectivity index (χ3n) is 5.33. The highest BCUT2D eigenvalue weighted by Gasteiger charge is 2.52. The van der Waals surface area contributed by atoms with E-state index in [2.05, 4.69) is 10.5 Å². The van der Waals surface area contributed by atoms with Gasteiger partial charge in [-0.05, 0) is 30.4 Å². The molecule has 140 valence electrons. The third kappa shape index (κ3) is 4.37. The molecule has 5 nitrogen and oxygen atoms in total. The first kappa shape index (κ1) is 17.7. The predicted octanol–water partition coefficient (Wildman–Crippen LogP) is 3.44. The summed E-state index contributed by atoms with van der Waals surface area (Å²) in [5.41, 5.74) is 3.13. The number of carbonyl (C=O) groups excluding carboxylic acids is 1. The van der Waals surface area contributed by atoms with E-state index in [-0.39, 0.29) is 17.4 Å². The fourth-order valence-corrected chi connectivity index (χ4v) is 3.52. The van der Waals surface area contributed by atoms with E-state index >= 15 is 0 Å². The molecule has 1 atom stereocenters. The van der Waals surface area contributed by atoms with Gasteiger partial charge in [0.1, 0.15) is 19.3 Å². The zero-order chi connectivity index (χ0) is 18.5. The Morgan fingerprint density at radius 1 is 1.00 bits per heavy atom. The molecule has 0 aromatic heterocycles. The lowest BCUT2D eigenvalue weighted by Gasteiger charge is -2.30. The maximum Gasteiger partial charge on any atom is 0.323 e. The minimum Gasteiger partial charge on any atom is -0.460 e. The van der Waals surface area contributed by atoms with Crippen LogP contribution >= 0.6 is 0 Å². The van der Waals surface area contributed by atoms with Crippen molar-refractivity contribution in [1.29, 1.82) is 0 Å². The molecule has 1 N–H and O–H groups in total. The van der Waals surface area contributed by atoms with Gasteiger partial charge in [-0.2, -0.15) is 0 Å². The number of benzene rings is 2. The molecule has 0 radical (unpaired) electrons. The van der Waals surface area contributed by atoms with Crippen molar-refractivity contribution in [3.05, 3.63) is 71.8 Å². The molecule has 5 heteroatoms. The number of nitrogens with zero attached hydrogens (tertiary/aromatic N) is 1. The summed E-state index contributed by atoms with van der Waals surface area (Å²) >= 11 is 0. The van der Waals surface area contributed by atoms with Crippen LogP contribution in [-0.2, 0) is 27.6 Å². The molecule has 4 rings (SSSR count). The average molecular weight is 364 g/mol. The normalized spacial score (nSPS) is 21.8. The number of ether oxygens (including phenoxy) is 1. The van der Waals surface area contributed by atoms with Gasteiger partial charge in [0.25, 0.3) is 0 Å². The number of nitrogens with one attached hydrogen (secondary N) is 1. The van der Waals surface area contributed by atoms with Gasteiger partial charge in [-0.15, -0.1) is 0 Å². The number of rotatable bonds is 6. The van der Waals surface area contributed by atoms with E-state index in [0.29, 0.717) is 19.8 Å². The number of piperidine rings is 1. The van der Waals surface area contributed by atoms with Crippen molar-refractivity contribution >= 4 is 11.7 Å². The first-order valence-corrected chi connectivity index (χ1v) is 9.42. The largest absolute Gasteiger partial charge is 0.460 e. The molecular formula is C22H24N2O3. The van der Waals surface area contributed by atoms with Crippen LogP contribution in [0.15, 0.2) is 65.8 Å². The van der Waals surface area contributed by atoms with E-state index in [4.69, 9.17) is 9.57 Å². The van der Waals surface area contributed by atoms with Crippen molar-refractivity contribution in [3.63, 3.8) is 0 Å². The van der Waals surface area contributed by atoms with Crippen molar-refractivity contribution in [3.8, 4) is 0 Å². The maximum atomic E-state index is 12.4. The van der Waals surface area contributed by atoms with Crippen molar-refractivity contribution in [2.24, 2.45) is 10.6 Å². The fraction of sp³-hybridized carbons (Fsp3) is 0.364. The number of oxime groups is 1. The summed E-state index contributed by atoms with van der Waals surface area (Å²) in [6.07, 6.45) is 2.85. The van der Waals surface area contributed by atoms with Gasteiger partial charge in [-0.3, -0.25) is 10.1 Å². The lowest BCUT2D eigenvalue weighted by Crippen LogP contribution is -2.50. The van der Waals surface area contributed by atoms with Gasteiger partial charge in [-0.1, -0.05) is 65.8 Å². The van der Waals surface area contributed by atoms with Gasteiger partial charge in [0.05, 0.1) is 5.71 Å². The Kier molecular flexibility index (Phi) is 5.21. The highest BCUT2D eigenvalue weighted by atomic mass is 16.6. The molecule has 0 amide bonds. The monoisotopic (exact) mass is 364 g/mol. The van der Waals surface area contributed by atoms with Crippen LogP contribution in [0, 0.1) is 5.41 Å². The molecule has 2 aliphatic rings. The van der Waals surface area contributed by atoms with Crippen LogP contribution in [0.5, 0.6) is 0 Å². The van der Waals surface area contributed by atoms with Crippen molar-refractivity contribution < 1.29 is 14.4 Å². The molecule has 1 heterocycles. The van der Waals surface area contributed by atoms with Crippen molar-refractivity contribution in [1.82, 2.24) is 5.32 Å². The highest BCUT2D eigenvalue weighted by Crippen LogP contribution is 2.52. The first-order chi connectivity index (χ1) is 13.3. The van der Waals surface area contributed by atoms with Crippen LogP contribution in [0.1, 0.15) is 30.4 Å². The first-order valence-electron chi connectivity index (χ1n) is 9.42. The van der Waals surface area contributed by atoms with Crippen LogP contribution in [0.2, 0.25) is 0 Å². The van der Waals surface area contributed by atoms with Gasteiger partial charge >= 0.3 is 5.97 Å². The zero-order valence-electron chi connectivity index (χ0n) is 15.3. The summed E-state index contributed by atoms with van der Waals surface area (Å²) in [7, 11) is 0. The average Bonchev–Trinajstić information content (AvgIpc) is 3.49. The summed E-state index contributed by atoms with van der Waals surface area (Å²) in [5.74, 6) is -0.186. The topological polar surface area (TPSA) is 59.9 Å². The van der Waals surface area contributed by atoms with Crippen LogP contribution in [0.4, 0.5) is 0 Å². The maximum absolute atomic E-state index is 12.4. The van der Waals surface area contributed by atoms with E-state index in [0.717, 1.165) is 36.1 Å². The molecule has 1 spiro atoms. The van der Waals surface area contributed by atoms with Crippen LogP contribution in [0.3, 0.4) is 0 Å². The molecular weight excluding hydrogens is 340 g/mol. The molecule has 1 aliphatic heterocycles. The van der Waals surface area contributed by atoms with E-state index in [1.165, 1.54) is 0 Å². The summed E-state index contributed by atoms with van der Waals surface area (Å²) in [6.45, 7) is 1.34. The Balaban J connectivity index is 1.30. The third-order valence-corrected chi connectivity index (χ3v) is 5.33. The number of carbonyl (C=O) groups is 1. The Morgan fingerprint density at radius 3 is 2.26 bits per heavy atom. The van der Waals surface area contributed by atoms with Crippen LogP contribution < -0.4 is 5.32 Å². The Labute approximate surface area is 159 Å². The second-order valence-corrected chi connectivity index (χ2v) is 7.31. The van der Waals surface area contributed by atoms with Gasteiger partial charge in [0.2, 0.25) is 0 Å². The quantitative estimate of drug-likeness (QED) is 0.630. The van der Waals surface area contributed by atoms with E-state index in [1.54, 1.807) is 0 Å². The van der Waals surface area contributed by atoms with E-state index in [1.807, 2.05) is 60.7 Å². The smallest absolute Gasteiger partial charge is 0.323 e.